The minimum atomic E-state index is -0.893. The van der Waals surface area contributed by atoms with Crippen LogP contribution in [0.15, 0.2) is 48.5 Å². The maximum atomic E-state index is 11.1. The number of hydrogen-bond donors (Lipinski definition) is 1. The van der Waals surface area contributed by atoms with E-state index in [-0.39, 0.29) is 6.42 Å². The highest BCUT2D eigenvalue weighted by molar-refractivity contribution is 5.93. The molecule has 0 bridgehead atoms. The zero-order chi connectivity index (χ0) is 15.5. The first kappa shape index (κ1) is 14.1. The summed E-state index contributed by atoms with van der Waals surface area (Å²) in [5, 5.41) is 8.95. The van der Waals surface area contributed by atoms with Crippen LogP contribution in [0.2, 0.25) is 0 Å². The third-order valence-electron chi connectivity index (χ3n) is 3.61. The van der Waals surface area contributed by atoms with Gasteiger partial charge in [0.2, 0.25) is 0 Å². The largest absolute Gasteiger partial charge is 0.488 e. The molecule has 4 nitrogen and oxygen atoms in total. The zero-order valence-corrected chi connectivity index (χ0v) is 11.8. The number of aliphatic carboxylic acids is 1. The van der Waals surface area contributed by atoms with E-state index >= 15 is 0 Å². The second-order valence-electron chi connectivity index (χ2n) is 5.06. The van der Waals surface area contributed by atoms with Gasteiger partial charge in [0.1, 0.15) is 18.6 Å². The molecule has 4 heteroatoms. The fourth-order valence-electron chi connectivity index (χ4n) is 2.66. The number of allylic oxidation sites excluding steroid dienone is 1. The summed E-state index contributed by atoms with van der Waals surface area (Å²) in [7, 11) is 0. The molecule has 0 spiro atoms. The number of rotatable bonds is 3. The number of aldehydes is 1. The normalized spacial score (nSPS) is 14.5. The van der Waals surface area contributed by atoms with E-state index in [1.54, 1.807) is 18.2 Å². The van der Waals surface area contributed by atoms with Crippen molar-refractivity contribution < 1.29 is 19.4 Å². The Morgan fingerprint density at radius 2 is 2.00 bits per heavy atom. The Kier molecular flexibility index (Phi) is 3.74. The molecule has 0 saturated heterocycles. The summed E-state index contributed by atoms with van der Waals surface area (Å²) >= 11 is 0. The number of fused-ring (bicyclic) bond motifs is 2. The van der Waals surface area contributed by atoms with Gasteiger partial charge in [0.25, 0.3) is 0 Å². The maximum Gasteiger partial charge on any atom is 0.307 e. The molecule has 0 aromatic heterocycles. The van der Waals surface area contributed by atoms with Gasteiger partial charge in [0.15, 0.2) is 0 Å². The highest BCUT2D eigenvalue weighted by Crippen LogP contribution is 2.37. The van der Waals surface area contributed by atoms with Crippen LogP contribution in [0.3, 0.4) is 0 Å². The summed E-state index contributed by atoms with van der Waals surface area (Å²) in [5.41, 5.74) is 4.10. The van der Waals surface area contributed by atoms with E-state index in [1.807, 2.05) is 24.3 Å². The van der Waals surface area contributed by atoms with E-state index in [1.165, 1.54) is 6.08 Å². The zero-order valence-electron chi connectivity index (χ0n) is 11.8. The third-order valence-corrected chi connectivity index (χ3v) is 3.61. The summed E-state index contributed by atoms with van der Waals surface area (Å²) in [6.45, 7) is 0.414. The summed E-state index contributed by atoms with van der Waals surface area (Å²) in [5.74, 6) is -0.241. The molecule has 1 N–H and O–H groups in total. The number of carbonyl (C=O) groups excluding carboxylic acids is 1. The van der Waals surface area contributed by atoms with E-state index in [0.29, 0.717) is 17.9 Å². The van der Waals surface area contributed by atoms with Crippen molar-refractivity contribution in [2.75, 3.05) is 0 Å². The molecular weight excluding hydrogens is 280 g/mol. The molecule has 22 heavy (non-hydrogen) atoms. The molecule has 2 aromatic rings. The van der Waals surface area contributed by atoms with Crippen LogP contribution >= 0.6 is 0 Å². The van der Waals surface area contributed by atoms with Crippen molar-refractivity contribution in [3.8, 4) is 5.75 Å². The van der Waals surface area contributed by atoms with Crippen LogP contribution in [0.4, 0.5) is 0 Å². The van der Waals surface area contributed by atoms with Crippen molar-refractivity contribution in [3.63, 3.8) is 0 Å². The average molecular weight is 294 g/mol. The Bertz CT molecular complexity index is 774. The smallest absolute Gasteiger partial charge is 0.307 e. The molecule has 0 atom stereocenters. The van der Waals surface area contributed by atoms with Gasteiger partial charge in [0.05, 0.1) is 6.42 Å². The van der Waals surface area contributed by atoms with Crippen molar-refractivity contribution in [2.45, 2.75) is 13.0 Å². The van der Waals surface area contributed by atoms with Crippen molar-refractivity contribution >= 4 is 17.8 Å². The molecule has 0 radical (unpaired) electrons. The quantitative estimate of drug-likeness (QED) is 0.698. The molecule has 1 heterocycles. The van der Waals surface area contributed by atoms with E-state index in [4.69, 9.17) is 9.84 Å². The minimum absolute atomic E-state index is 0.0662. The standard InChI is InChI=1S/C18H14O4/c19-8-7-15-14-4-2-1-3-13(14)11-22-17-6-5-12(9-16(15)17)10-18(20)21/h1-9H,10-11H2,(H,20,21)/b15-7-. The number of carboxylic acids is 1. The number of hydrogen-bond acceptors (Lipinski definition) is 3. The van der Waals surface area contributed by atoms with E-state index in [9.17, 15) is 9.59 Å². The van der Waals surface area contributed by atoms with Crippen molar-refractivity contribution in [1.29, 1.82) is 0 Å². The van der Waals surface area contributed by atoms with Crippen molar-refractivity contribution in [1.82, 2.24) is 0 Å². The molecule has 1 aliphatic heterocycles. The Morgan fingerprint density at radius 3 is 2.77 bits per heavy atom. The van der Waals surface area contributed by atoms with Crippen LogP contribution in [-0.4, -0.2) is 17.4 Å². The van der Waals surface area contributed by atoms with Gasteiger partial charge in [-0.1, -0.05) is 30.3 Å². The van der Waals surface area contributed by atoms with Crippen LogP contribution in [0.1, 0.15) is 22.3 Å². The number of ether oxygens (including phenoxy) is 1. The summed E-state index contributed by atoms with van der Waals surface area (Å²) in [4.78, 5) is 22.0. The van der Waals surface area contributed by atoms with Gasteiger partial charge >= 0.3 is 5.97 Å². The Labute approximate surface area is 127 Å². The molecule has 0 saturated carbocycles. The van der Waals surface area contributed by atoms with Gasteiger partial charge in [-0.05, 0) is 40.5 Å². The molecule has 2 aromatic carbocycles. The maximum absolute atomic E-state index is 11.1. The van der Waals surface area contributed by atoms with E-state index in [2.05, 4.69) is 0 Å². The highest BCUT2D eigenvalue weighted by Gasteiger charge is 2.19. The van der Waals surface area contributed by atoms with Gasteiger partial charge in [-0.15, -0.1) is 0 Å². The molecule has 0 aliphatic carbocycles. The predicted molar refractivity (Wildman–Crippen MR) is 81.7 cm³/mol. The van der Waals surface area contributed by atoms with Crippen LogP contribution in [0.25, 0.3) is 5.57 Å². The number of carboxylic acid groups (broad SMARTS) is 1. The van der Waals surface area contributed by atoms with Crippen molar-refractivity contribution in [2.24, 2.45) is 0 Å². The van der Waals surface area contributed by atoms with E-state index in [0.717, 1.165) is 28.5 Å². The van der Waals surface area contributed by atoms with E-state index < -0.39 is 5.97 Å². The lowest BCUT2D eigenvalue weighted by atomic mass is 9.93. The fraction of sp³-hybridized carbons (Fsp3) is 0.111. The molecular formula is C18H14O4. The number of benzene rings is 2. The van der Waals surface area contributed by atoms with Gasteiger partial charge in [-0.2, -0.15) is 0 Å². The topological polar surface area (TPSA) is 63.6 Å². The lowest BCUT2D eigenvalue weighted by molar-refractivity contribution is -0.136. The van der Waals surface area contributed by atoms with Crippen LogP contribution in [-0.2, 0) is 22.6 Å². The van der Waals surface area contributed by atoms with Crippen LogP contribution < -0.4 is 4.74 Å². The molecule has 1 aliphatic rings. The minimum Gasteiger partial charge on any atom is -0.488 e. The first-order valence-corrected chi connectivity index (χ1v) is 6.90. The average Bonchev–Trinajstić information content (AvgIpc) is 2.65. The second-order valence-corrected chi connectivity index (χ2v) is 5.06. The Morgan fingerprint density at radius 1 is 1.18 bits per heavy atom. The summed E-state index contributed by atoms with van der Waals surface area (Å²) < 4.78 is 5.81. The third kappa shape index (κ3) is 2.63. The lowest BCUT2D eigenvalue weighted by Crippen LogP contribution is -2.01. The molecule has 3 rings (SSSR count). The Hall–Kier alpha value is -2.88. The Balaban J connectivity index is 2.18. The molecule has 0 fully saturated rings. The predicted octanol–water partition coefficient (Wildman–Crippen LogP) is 2.84. The molecule has 0 amide bonds. The van der Waals surface area contributed by atoms with Gasteiger partial charge in [-0.25, -0.2) is 0 Å². The highest BCUT2D eigenvalue weighted by atomic mass is 16.5. The van der Waals surface area contributed by atoms with Gasteiger partial charge in [0, 0.05) is 5.56 Å². The molecule has 110 valence electrons. The summed E-state index contributed by atoms with van der Waals surface area (Å²) in [6, 6.07) is 13.0. The summed E-state index contributed by atoms with van der Waals surface area (Å²) in [6.07, 6.45) is 2.17. The second kappa shape index (κ2) is 5.85. The van der Waals surface area contributed by atoms with Crippen molar-refractivity contribution in [3.05, 3.63) is 70.8 Å². The molecule has 0 unspecified atom stereocenters. The van der Waals surface area contributed by atoms with Gasteiger partial charge in [-0.3, -0.25) is 9.59 Å². The number of carbonyl (C=O) groups is 2. The fourth-order valence-corrected chi connectivity index (χ4v) is 2.66. The first-order chi connectivity index (χ1) is 10.7. The van der Waals surface area contributed by atoms with Crippen LogP contribution in [0, 0.1) is 0 Å². The monoisotopic (exact) mass is 294 g/mol. The lowest BCUT2D eigenvalue weighted by Gasteiger charge is -2.11. The van der Waals surface area contributed by atoms with Gasteiger partial charge < -0.3 is 9.84 Å². The SMILES string of the molecule is O=C/C=C1/c2ccccc2COc2ccc(CC(=O)O)cc21. The van der Waals surface area contributed by atoms with Crippen LogP contribution in [0.5, 0.6) is 5.75 Å². The first-order valence-electron chi connectivity index (χ1n) is 6.90.